The van der Waals surface area contributed by atoms with Gasteiger partial charge in [0.1, 0.15) is 5.75 Å². The molecule has 0 bridgehead atoms. The van der Waals surface area contributed by atoms with E-state index in [1.807, 2.05) is 0 Å². The summed E-state index contributed by atoms with van der Waals surface area (Å²) in [5, 5.41) is 11.6. The van der Waals surface area contributed by atoms with E-state index in [1.165, 1.54) is 37.9 Å². The monoisotopic (exact) mass is 459 g/mol. The van der Waals surface area contributed by atoms with Crippen LogP contribution in [0.1, 0.15) is 22.3 Å². The molecule has 0 saturated heterocycles. The number of aliphatic carboxylic acids is 1. The molecule has 1 amide bonds. The summed E-state index contributed by atoms with van der Waals surface area (Å²) in [6, 6.07) is 9.88. The number of carboxylic acid groups (broad SMARTS) is 1. The maximum atomic E-state index is 12.9. The Balaban J connectivity index is 1.63. The predicted octanol–water partition coefficient (Wildman–Crippen LogP) is 4.24. The molecule has 0 unspecified atom stereocenters. The molecule has 0 atom stereocenters. The number of halogens is 3. The zero-order chi connectivity index (χ0) is 24.0. The van der Waals surface area contributed by atoms with Gasteiger partial charge in [0.25, 0.3) is 0 Å². The molecule has 0 spiro atoms. The number of anilines is 1. The molecule has 0 aliphatic carbocycles. The van der Waals surface area contributed by atoms with Gasteiger partial charge in [0, 0.05) is 24.4 Å². The second kappa shape index (κ2) is 10.0. The Hall–Kier alpha value is -4.08. The Morgan fingerprint density at radius 2 is 2.00 bits per heavy atom. The molecule has 0 radical (unpaired) electrons. The van der Waals surface area contributed by atoms with Gasteiger partial charge in [-0.3, -0.25) is 9.59 Å². The first kappa shape index (κ1) is 23.6. The van der Waals surface area contributed by atoms with Gasteiger partial charge in [-0.25, -0.2) is 4.98 Å². The van der Waals surface area contributed by atoms with Gasteiger partial charge in [-0.15, -0.1) is 0 Å². The number of methoxy groups -OCH3 is 1. The van der Waals surface area contributed by atoms with E-state index < -0.39 is 23.6 Å². The van der Waals surface area contributed by atoms with Crippen molar-refractivity contribution in [1.29, 1.82) is 0 Å². The summed E-state index contributed by atoms with van der Waals surface area (Å²) in [4.78, 5) is 27.2. The highest BCUT2D eigenvalue weighted by atomic mass is 19.4. The summed E-state index contributed by atoms with van der Waals surface area (Å²) < 4.78 is 45.3. The number of imidazole rings is 1. The predicted molar refractivity (Wildman–Crippen MR) is 115 cm³/mol. The van der Waals surface area contributed by atoms with Crippen LogP contribution >= 0.6 is 0 Å². The van der Waals surface area contributed by atoms with Gasteiger partial charge in [0.15, 0.2) is 5.82 Å². The van der Waals surface area contributed by atoms with Gasteiger partial charge in [0.05, 0.1) is 25.4 Å². The highest BCUT2D eigenvalue weighted by Crippen LogP contribution is 2.29. The highest BCUT2D eigenvalue weighted by Gasteiger charge is 2.30. The summed E-state index contributed by atoms with van der Waals surface area (Å²) in [7, 11) is 1.44. The second-order valence-corrected chi connectivity index (χ2v) is 7.09. The van der Waals surface area contributed by atoms with E-state index in [0.29, 0.717) is 22.4 Å². The molecule has 33 heavy (non-hydrogen) atoms. The van der Waals surface area contributed by atoms with Crippen molar-refractivity contribution in [3.63, 3.8) is 0 Å². The van der Waals surface area contributed by atoms with Crippen LogP contribution in [-0.2, 0) is 28.7 Å². The number of ether oxygens (including phenoxy) is 1. The van der Waals surface area contributed by atoms with Crippen molar-refractivity contribution in [2.45, 2.75) is 19.1 Å². The van der Waals surface area contributed by atoms with Gasteiger partial charge in [-0.05, 0) is 41.5 Å². The van der Waals surface area contributed by atoms with E-state index in [0.717, 1.165) is 12.1 Å². The first-order valence-corrected chi connectivity index (χ1v) is 9.70. The molecule has 0 aliphatic heterocycles. The van der Waals surface area contributed by atoms with Crippen LogP contribution < -0.4 is 10.1 Å². The minimum Gasteiger partial charge on any atom is -0.496 e. The molecular weight excluding hydrogens is 439 g/mol. The van der Waals surface area contributed by atoms with Crippen molar-refractivity contribution in [2.24, 2.45) is 0 Å². The Kier molecular flexibility index (Phi) is 7.17. The van der Waals surface area contributed by atoms with Gasteiger partial charge in [-0.1, -0.05) is 18.2 Å². The molecule has 10 heteroatoms. The Morgan fingerprint density at radius 3 is 2.70 bits per heavy atom. The average molecular weight is 459 g/mol. The van der Waals surface area contributed by atoms with E-state index in [-0.39, 0.29) is 18.8 Å². The maximum Gasteiger partial charge on any atom is 0.416 e. The third-order valence-corrected chi connectivity index (χ3v) is 4.58. The summed E-state index contributed by atoms with van der Waals surface area (Å²) in [6.07, 6.45) is 1.04. The first-order chi connectivity index (χ1) is 15.6. The molecule has 1 heterocycles. The minimum absolute atomic E-state index is 0.154. The highest BCUT2D eigenvalue weighted by molar-refractivity contribution is 6.01. The molecule has 172 valence electrons. The lowest BCUT2D eigenvalue weighted by molar-refractivity contribution is -0.138. The number of nitrogens with one attached hydrogen (secondary N) is 1. The number of carboxylic acids is 1. The van der Waals surface area contributed by atoms with Gasteiger partial charge < -0.3 is 19.7 Å². The number of hydrogen-bond acceptors (Lipinski definition) is 4. The molecule has 0 fully saturated rings. The van der Waals surface area contributed by atoms with Crippen molar-refractivity contribution in [3.8, 4) is 5.75 Å². The Morgan fingerprint density at radius 1 is 1.21 bits per heavy atom. The van der Waals surface area contributed by atoms with Crippen molar-refractivity contribution < 1.29 is 32.6 Å². The van der Waals surface area contributed by atoms with Crippen LogP contribution in [0.25, 0.3) is 6.08 Å². The summed E-state index contributed by atoms with van der Waals surface area (Å²) >= 11 is 0. The number of rotatable bonds is 8. The fraction of sp³-hybridized carbons (Fsp3) is 0.174. The number of hydrogen-bond donors (Lipinski definition) is 2. The quantitative estimate of drug-likeness (QED) is 0.492. The number of nitrogens with zero attached hydrogens (tertiary/aromatic N) is 2. The van der Waals surface area contributed by atoms with Gasteiger partial charge >= 0.3 is 12.1 Å². The molecule has 2 N–H and O–H groups in total. The van der Waals surface area contributed by atoms with E-state index in [9.17, 15) is 22.8 Å². The lowest BCUT2D eigenvalue weighted by Gasteiger charge is -2.09. The van der Waals surface area contributed by atoms with Crippen LogP contribution in [0.2, 0.25) is 0 Å². The number of amides is 1. The normalized spacial score (nSPS) is 11.5. The Bertz CT molecular complexity index is 1190. The fourth-order valence-electron chi connectivity index (χ4n) is 3.11. The molecular formula is C23H20F3N3O4. The third kappa shape index (κ3) is 6.70. The molecule has 3 aromatic rings. The first-order valence-electron chi connectivity index (χ1n) is 9.70. The SMILES string of the molecule is COc1ccc(/C=C/C(=O)Nc2cn(Cc3cccc(C(F)(F)F)c3)cn2)cc1CC(=O)O. The average Bonchev–Trinajstić information content (AvgIpc) is 3.18. The van der Waals surface area contributed by atoms with Crippen LogP contribution in [0.15, 0.2) is 61.1 Å². The maximum absolute atomic E-state index is 12.9. The zero-order valence-electron chi connectivity index (χ0n) is 17.5. The van der Waals surface area contributed by atoms with Gasteiger partial charge in [0.2, 0.25) is 5.91 Å². The summed E-state index contributed by atoms with van der Waals surface area (Å²) in [5.74, 6) is -0.814. The number of benzene rings is 2. The van der Waals surface area contributed by atoms with Crippen molar-refractivity contribution in [1.82, 2.24) is 9.55 Å². The zero-order valence-corrected chi connectivity index (χ0v) is 17.5. The van der Waals surface area contributed by atoms with Crippen LogP contribution in [0.5, 0.6) is 5.75 Å². The largest absolute Gasteiger partial charge is 0.496 e. The van der Waals surface area contributed by atoms with Crippen LogP contribution in [-0.4, -0.2) is 33.6 Å². The Labute approximate surface area is 187 Å². The van der Waals surface area contributed by atoms with E-state index in [2.05, 4.69) is 10.3 Å². The van der Waals surface area contributed by atoms with Crippen molar-refractivity contribution >= 4 is 23.8 Å². The molecule has 2 aromatic carbocycles. The topological polar surface area (TPSA) is 93.5 Å². The van der Waals surface area contributed by atoms with Crippen LogP contribution in [0.3, 0.4) is 0 Å². The van der Waals surface area contributed by atoms with Crippen LogP contribution in [0.4, 0.5) is 19.0 Å². The number of aromatic nitrogens is 2. The smallest absolute Gasteiger partial charge is 0.416 e. The third-order valence-electron chi connectivity index (χ3n) is 4.58. The van der Waals surface area contributed by atoms with E-state index in [1.54, 1.807) is 28.8 Å². The summed E-state index contributed by atoms with van der Waals surface area (Å²) in [6.45, 7) is 0.154. The van der Waals surface area contributed by atoms with E-state index >= 15 is 0 Å². The van der Waals surface area contributed by atoms with E-state index in [4.69, 9.17) is 9.84 Å². The number of alkyl halides is 3. The molecule has 0 aliphatic rings. The molecule has 0 saturated carbocycles. The number of carbonyl (C=O) groups is 2. The lowest BCUT2D eigenvalue weighted by atomic mass is 10.1. The summed E-state index contributed by atoms with van der Waals surface area (Å²) in [5.41, 5.74) is 0.790. The number of carbonyl (C=O) groups excluding carboxylic acids is 1. The van der Waals surface area contributed by atoms with Crippen molar-refractivity contribution in [3.05, 3.63) is 83.3 Å². The molecule has 3 rings (SSSR count). The van der Waals surface area contributed by atoms with Gasteiger partial charge in [-0.2, -0.15) is 13.2 Å². The van der Waals surface area contributed by atoms with Crippen LogP contribution in [0, 0.1) is 0 Å². The lowest BCUT2D eigenvalue weighted by Crippen LogP contribution is -2.08. The second-order valence-electron chi connectivity index (χ2n) is 7.09. The molecule has 1 aromatic heterocycles. The standard InChI is InChI=1S/C23H20F3N3O4/c1-33-19-7-5-15(9-17(19)11-22(31)32)6-8-21(30)28-20-13-29(14-27-20)12-16-3-2-4-18(10-16)23(24,25)26/h2-10,13-14H,11-12H2,1H3,(H,28,30)(H,31,32)/b8-6+. The fourth-order valence-corrected chi connectivity index (χ4v) is 3.11. The molecule has 7 nitrogen and oxygen atoms in total. The minimum atomic E-state index is -4.42. The van der Waals surface area contributed by atoms with Crippen molar-refractivity contribution in [2.75, 3.05) is 12.4 Å².